The van der Waals surface area contributed by atoms with Gasteiger partial charge in [0, 0.05) is 23.6 Å². The highest BCUT2D eigenvalue weighted by Gasteiger charge is 2.20. The van der Waals surface area contributed by atoms with Crippen LogP contribution < -0.4 is 4.90 Å². The Kier molecular flexibility index (Phi) is 6.85. The Bertz CT molecular complexity index is 1020. The van der Waals surface area contributed by atoms with Crippen molar-refractivity contribution in [2.75, 3.05) is 11.5 Å². The lowest BCUT2D eigenvalue weighted by Crippen LogP contribution is -2.30. The molecule has 1 amide bonds. The minimum Gasteiger partial charge on any atom is -0.462 e. The zero-order chi connectivity index (χ0) is 22.4. The van der Waals surface area contributed by atoms with E-state index in [1.807, 2.05) is 36.4 Å². The second kappa shape index (κ2) is 9.56. The highest BCUT2D eigenvalue weighted by atomic mass is 16.5. The molecule has 0 saturated carbocycles. The summed E-state index contributed by atoms with van der Waals surface area (Å²) in [6, 6.07) is 18.4. The zero-order valence-electron chi connectivity index (χ0n) is 18.5. The van der Waals surface area contributed by atoms with Crippen LogP contribution in [0.1, 0.15) is 59.5 Å². The van der Waals surface area contributed by atoms with Crippen LogP contribution in [0.4, 0.5) is 5.69 Å². The SMILES string of the molecule is CCOC(=O)c1ccc(N(Cc2ccncc2)C(=O)c2ccc(C(C)(C)C)cc2)cc1. The molecular formula is C26H28N2O3. The number of rotatable bonds is 6. The lowest BCUT2D eigenvalue weighted by atomic mass is 9.86. The first-order chi connectivity index (χ1) is 14.8. The molecule has 2 aromatic carbocycles. The van der Waals surface area contributed by atoms with Crippen LogP contribution in [-0.2, 0) is 16.7 Å². The topological polar surface area (TPSA) is 59.5 Å². The minimum atomic E-state index is -0.376. The first-order valence-electron chi connectivity index (χ1n) is 10.4. The summed E-state index contributed by atoms with van der Waals surface area (Å²) >= 11 is 0. The number of benzene rings is 2. The Labute approximate surface area is 183 Å². The second-order valence-corrected chi connectivity index (χ2v) is 8.34. The van der Waals surface area contributed by atoms with Gasteiger partial charge in [-0.1, -0.05) is 32.9 Å². The highest BCUT2D eigenvalue weighted by Crippen LogP contribution is 2.25. The van der Waals surface area contributed by atoms with Gasteiger partial charge in [0.1, 0.15) is 0 Å². The minimum absolute atomic E-state index is 0.0151. The van der Waals surface area contributed by atoms with Gasteiger partial charge in [-0.05, 0) is 72.0 Å². The summed E-state index contributed by atoms with van der Waals surface area (Å²) in [6.07, 6.45) is 3.42. The lowest BCUT2D eigenvalue weighted by Gasteiger charge is -2.24. The maximum Gasteiger partial charge on any atom is 0.338 e. The number of aromatic nitrogens is 1. The van der Waals surface area contributed by atoms with Crippen LogP contribution in [0.3, 0.4) is 0 Å². The number of pyridine rings is 1. The van der Waals surface area contributed by atoms with E-state index in [-0.39, 0.29) is 17.3 Å². The molecule has 5 nitrogen and oxygen atoms in total. The molecule has 0 atom stereocenters. The van der Waals surface area contributed by atoms with Crippen LogP contribution in [0.15, 0.2) is 73.1 Å². The molecule has 0 aliphatic carbocycles. The summed E-state index contributed by atoms with van der Waals surface area (Å²) in [4.78, 5) is 31.2. The third-order valence-electron chi connectivity index (χ3n) is 5.02. The molecule has 0 bridgehead atoms. The smallest absolute Gasteiger partial charge is 0.338 e. The van der Waals surface area contributed by atoms with Crippen molar-refractivity contribution in [1.82, 2.24) is 4.98 Å². The Morgan fingerprint density at radius 1 is 0.871 bits per heavy atom. The number of nitrogens with zero attached hydrogens (tertiary/aromatic N) is 2. The van der Waals surface area contributed by atoms with Crippen molar-refractivity contribution < 1.29 is 14.3 Å². The van der Waals surface area contributed by atoms with Gasteiger partial charge in [0.05, 0.1) is 18.7 Å². The fourth-order valence-corrected chi connectivity index (χ4v) is 3.21. The van der Waals surface area contributed by atoms with E-state index in [9.17, 15) is 9.59 Å². The first-order valence-corrected chi connectivity index (χ1v) is 10.4. The quantitative estimate of drug-likeness (QED) is 0.505. The predicted molar refractivity (Wildman–Crippen MR) is 122 cm³/mol. The molecule has 3 rings (SSSR count). The third kappa shape index (κ3) is 5.57. The number of anilines is 1. The Morgan fingerprint density at radius 2 is 1.45 bits per heavy atom. The molecule has 31 heavy (non-hydrogen) atoms. The molecule has 0 radical (unpaired) electrons. The van der Waals surface area contributed by atoms with Crippen LogP contribution in [0.25, 0.3) is 0 Å². The molecule has 160 valence electrons. The second-order valence-electron chi connectivity index (χ2n) is 8.34. The van der Waals surface area contributed by atoms with Crippen LogP contribution in [0.5, 0.6) is 0 Å². The van der Waals surface area contributed by atoms with Crippen molar-refractivity contribution in [3.8, 4) is 0 Å². The maximum absolute atomic E-state index is 13.5. The fourth-order valence-electron chi connectivity index (χ4n) is 3.21. The molecule has 0 aliphatic rings. The summed E-state index contributed by atoms with van der Waals surface area (Å²) < 4.78 is 5.05. The average molecular weight is 417 g/mol. The molecule has 0 unspecified atom stereocenters. The molecule has 0 N–H and O–H groups in total. The van der Waals surface area contributed by atoms with E-state index in [0.717, 1.165) is 5.56 Å². The molecular weight excluding hydrogens is 388 g/mol. The zero-order valence-corrected chi connectivity index (χ0v) is 18.5. The van der Waals surface area contributed by atoms with Gasteiger partial charge in [0.2, 0.25) is 0 Å². The first kappa shape index (κ1) is 22.2. The summed E-state index contributed by atoms with van der Waals surface area (Å²) in [7, 11) is 0. The van der Waals surface area contributed by atoms with Crippen molar-refractivity contribution in [1.29, 1.82) is 0 Å². The van der Waals surface area contributed by atoms with Crippen molar-refractivity contribution >= 4 is 17.6 Å². The fraction of sp³-hybridized carbons (Fsp3) is 0.269. The van der Waals surface area contributed by atoms with E-state index < -0.39 is 0 Å². The molecule has 0 saturated heterocycles. The molecule has 0 spiro atoms. The van der Waals surface area contributed by atoms with Gasteiger partial charge < -0.3 is 9.64 Å². The standard InChI is InChI=1S/C26H28N2O3/c1-5-31-25(30)21-8-12-23(13-9-21)28(18-19-14-16-27-17-15-19)24(29)20-6-10-22(11-7-20)26(2,3)4/h6-17H,5,18H2,1-4H3. The predicted octanol–water partition coefficient (Wildman–Crippen LogP) is 5.40. The van der Waals surface area contributed by atoms with E-state index in [2.05, 4.69) is 25.8 Å². The van der Waals surface area contributed by atoms with E-state index >= 15 is 0 Å². The van der Waals surface area contributed by atoms with Gasteiger partial charge in [-0.3, -0.25) is 9.78 Å². The average Bonchev–Trinajstić information content (AvgIpc) is 2.77. The van der Waals surface area contributed by atoms with Crippen LogP contribution in [0, 0.1) is 0 Å². The van der Waals surface area contributed by atoms with E-state index in [0.29, 0.717) is 30.0 Å². The monoisotopic (exact) mass is 416 g/mol. The molecule has 0 fully saturated rings. The Morgan fingerprint density at radius 3 is 2.00 bits per heavy atom. The summed E-state index contributed by atoms with van der Waals surface area (Å²) in [5.74, 6) is -0.486. The third-order valence-corrected chi connectivity index (χ3v) is 5.02. The number of hydrogen-bond donors (Lipinski definition) is 0. The molecule has 0 aliphatic heterocycles. The molecule has 3 aromatic rings. The van der Waals surface area contributed by atoms with Gasteiger partial charge in [-0.25, -0.2) is 4.79 Å². The van der Waals surface area contributed by atoms with Crippen LogP contribution >= 0.6 is 0 Å². The number of ether oxygens (including phenoxy) is 1. The molecule has 1 aromatic heterocycles. The number of esters is 1. The Balaban J connectivity index is 1.92. The van der Waals surface area contributed by atoms with E-state index in [4.69, 9.17) is 4.74 Å². The summed E-state index contributed by atoms with van der Waals surface area (Å²) in [5, 5.41) is 0. The van der Waals surface area contributed by atoms with Crippen molar-refractivity contribution in [2.24, 2.45) is 0 Å². The Hall–Kier alpha value is -3.47. The van der Waals surface area contributed by atoms with Gasteiger partial charge >= 0.3 is 5.97 Å². The van der Waals surface area contributed by atoms with Gasteiger partial charge in [0.15, 0.2) is 0 Å². The summed E-state index contributed by atoms with van der Waals surface area (Å²) in [6.45, 7) is 8.91. The van der Waals surface area contributed by atoms with Crippen LogP contribution in [-0.4, -0.2) is 23.5 Å². The normalized spacial score (nSPS) is 11.1. The van der Waals surface area contributed by atoms with E-state index in [1.54, 1.807) is 48.5 Å². The number of carbonyl (C=O) groups is 2. The lowest BCUT2D eigenvalue weighted by molar-refractivity contribution is 0.0526. The van der Waals surface area contributed by atoms with Crippen molar-refractivity contribution in [3.05, 3.63) is 95.3 Å². The summed E-state index contributed by atoms with van der Waals surface area (Å²) in [5.41, 5.74) is 3.91. The number of carbonyl (C=O) groups excluding carboxylic acids is 2. The largest absolute Gasteiger partial charge is 0.462 e. The van der Waals surface area contributed by atoms with Crippen LogP contribution in [0.2, 0.25) is 0 Å². The number of amides is 1. The van der Waals surface area contributed by atoms with Crippen molar-refractivity contribution in [3.63, 3.8) is 0 Å². The van der Waals surface area contributed by atoms with Gasteiger partial charge in [0.25, 0.3) is 5.91 Å². The van der Waals surface area contributed by atoms with Gasteiger partial charge in [-0.2, -0.15) is 0 Å². The van der Waals surface area contributed by atoms with Gasteiger partial charge in [-0.15, -0.1) is 0 Å². The number of hydrogen-bond acceptors (Lipinski definition) is 4. The molecule has 1 heterocycles. The van der Waals surface area contributed by atoms with E-state index in [1.165, 1.54) is 5.56 Å². The highest BCUT2D eigenvalue weighted by molar-refractivity contribution is 6.06. The van der Waals surface area contributed by atoms with Crippen molar-refractivity contribution in [2.45, 2.75) is 39.7 Å². The maximum atomic E-state index is 13.5. The molecule has 5 heteroatoms.